The van der Waals surface area contributed by atoms with E-state index in [1.54, 1.807) is 7.11 Å². The van der Waals surface area contributed by atoms with Crippen molar-refractivity contribution in [3.63, 3.8) is 0 Å². The molecule has 1 aromatic rings. The van der Waals surface area contributed by atoms with Crippen LogP contribution in [0.4, 0.5) is 0 Å². The predicted molar refractivity (Wildman–Crippen MR) is 90.1 cm³/mol. The number of ether oxygens (including phenoxy) is 2. The lowest BCUT2D eigenvalue weighted by Gasteiger charge is -2.43. The number of aliphatic carboxylic acids is 1. The molecule has 0 bridgehead atoms. The first-order valence-corrected chi connectivity index (χ1v) is 8.83. The zero-order valence-corrected chi connectivity index (χ0v) is 14.6. The van der Waals surface area contributed by atoms with Crippen LogP contribution in [0.15, 0.2) is 24.5 Å². The number of rotatable bonds is 7. The molecule has 2 fully saturated rings. The Labute approximate surface area is 147 Å². The average Bonchev–Trinajstić information content (AvgIpc) is 3.25. The third kappa shape index (κ3) is 3.88. The van der Waals surface area contributed by atoms with Crippen molar-refractivity contribution in [2.24, 2.45) is 0 Å². The zero-order valence-electron chi connectivity index (χ0n) is 14.6. The number of carbonyl (C=O) groups is 2. The molecule has 3 rings (SSSR count). The van der Waals surface area contributed by atoms with Gasteiger partial charge in [-0.25, -0.2) is 4.79 Å². The Kier molecular flexibility index (Phi) is 5.44. The van der Waals surface area contributed by atoms with Gasteiger partial charge in [-0.2, -0.15) is 0 Å². The maximum absolute atomic E-state index is 12.7. The summed E-state index contributed by atoms with van der Waals surface area (Å²) in [6.45, 7) is 1.06. The van der Waals surface area contributed by atoms with Crippen molar-refractivity contribution in [2.45, 2.75) is 56.4 Å². The van der Waals surface area contributed by atoms with Gasteiger partial charge in [-0.1, -0.05) is 0 Å². The van der Waals surface area contributed by atoms with E-state index in [4.69, 9.17) is 14.6 Å². The molecule has 1 N–H and O–H groups in total. The van der Waals surface area contributed by atoms with Crippen molar-refractivity contribution in [2.75, 3.05) is 20.3 Å². The standard InChI is InChI=1S/C18H26N2O5/c1-24-18-6-4-14(25-13-17(22)23)12-15(18)20(11-7-18)16(21)5-10-19-8-2-3-9-19/h2-3,8-9,14-15H,4-7,10-13H2,1H3,(H,22,23)/t14-,15+,18-/m0/s1. The maximum atomic E-state index is 12.7. The van der Waals surface area contributed by atoms with Gasteiger partial charge in [0.05, 0.1) is 17.7 Å². The van der Waals surface area contributed by atoms with Crippen molar-refractivity contribution >= 4 is 11.9 Å². The van der Waals surface area contributed by atoms with Gasteiger partial charge in [0, 0.05) is 39.0 Å². The molecule has 1 aliphatic carbocycles. The van der Waals surface area contributed by atoms with Gasteiger partial charge in [0.2, 0.25) is 5.91 Å². The molecular formula is C18H26N2O5. The van der Waals surface area contributed by atoms with Crippen molar-refractivity contribution in [1.29, 1.82) is 0 Å². The molecule has 25 heavy (non-hydrogen) atoms. The molecule has 0 unspecified atom stereocenters. The number of hydrogen-bond donors (Lipinski definition) is 1. The van der Waals surface area contributed by atoms with Crippen LogP contribution in [0.1, 0.15) is 32.1 Å². The number of aromatic nitrogens is 1. The molecule has 0 radical (unpaired) electrons. The number of carboxylic acid groups (broad SMARTS) is 1. The summed E-state index contributed by atoms with van der Waals surface area (Å²) in [5, 5.41) is 8.81. The minimum Gasteiger partial charge on any atom is -0.480 e. The number of fused-ring (bicyclic) bond motifs is 1. The number of carboxylic acids is 1. The van der Waals surface area contributed by atoms with Gasteiger partial charge >= 0.3 is 5.97 Å². The van der Waals surface area contributed by atoms with Gasteiger partial charge in [0.1, 0.15) is 6.61 Å². The Morgan fingerprint density at radius 1 is 1.28 bits per heavy atom. The molecule has 0 aromatic carbocycles. The Balaban J connectivity index is 1.63. The monoisotopic (exact) mass is 350 g/mol. The third-order valence-electron chi connectivity index (χ3n) is 5.55. The van der Waals surface area contributed by atoms with Crippen LogP contribution in [0.2, 0.25) is 0 Å². The molecule has 2 heterocycles. The summed E-state index contributed by atoms with van der Waals surface area (Å²) in [7, 11) is 1.71. The van der Waals surface area contributed by atoms with Crippen LogP contribution in [0.3, 0.4) is 0 Å². The second kappa shape index (κ2) is 7.58. The summed E-state index contributed by atoms with van der Waals surface area (Å²) in [4.78, 5) is 25.4. The lowest BCUT2D eigenvalue weighted by Crippen LogP contribution is -2.53. The molecule has 138 valence electrons. The van der Waals surface area contributed by atoms with Crippen molar-refractivity contribution in [3.8, 4) is 0 Å². The Hall–Kier alpha value is -1.86. The first-order chi connectivity index (χ1) is 12.0. The van der Waals surface area contributed by atoms with Crippen molar-refractivity contribution in [3.05, 3.63) is 24.5 Å². The first kappa shape index (κ1) is 17.9. The average molecular weight is 350 g/mol. The van der Waals surface area contributed by atoms with E-state index in [9.17, 15) is 9.59 Å². The Morgan fingerprint density at radius 2 is 2.04 bits per heavy atom. The summed E-state index contributed by atoms with van der Waals surface area (Å²) in [6.07, 6.45) is 7.24. The highest BCUT2D eigenvalue weighted by molar-refractivity contribution is 5.77. The van der Waals surface area contributed by atoms with Gasteiger partial charge in [0.25, 0.3) is 0 Å². The van der Waals surface area contributed by atoms with E-state index in [0.29, 0.717) is 25.9 Å². The number of nitrogens with zero attached hydrogens (tertiary/aromatic N) is 2. The predicted octanol–water partition coefficient (Wildman–Crippen LogP) is 1.52. The number of likely N-dealkylation sites (tertiary alicyclic amines) is 1. The highest BCUT2D eigenvalue weighted by Crippen LogP contribution is 2.43. The fourth-order valence-electron chi connectivity index (χ4n) is 4.19. The minimum absolute atomic E-state index is 0.0396. The second-order valence-electron chi connectivity index (χ2n) is 6.89. The van der Waals surface area contributed by atoms with Gasteiger partial charge in [-0.05, 0) is 37.8 Å². The minimum atomic E-state index is -0.963. The van der Waals surface area contributed by atoms with E-state index in [-0.39, 0.29) is 30.3 Å². The number of methoxy groups -OCH3 is 1. The van der Waals surface area contributed by atoms with Crippen LogP contribution >= 0.6 is 0 Å². The van der Waals surface area contributed by atoms with Crippen LogP contribution in [0.25, 0.3) is 0 Å². The van der Waals surface area contributed by atoms with Gasteiger partial charge in [-0.3, -0.25) is 4.79 Å². The van der Waals surface area contributed by atoms with Crippen molar-refractivity contribution < 1.29 is 24.2 Å². The van der Waals surface area contributed by atoms with E-state index in [1.165, 1.54) is 0 Å². The van der Waals surface area contributed by atoms with Gasteiger partial charge in [0.15, 0.2) is 0 Å². The molecule has 2 aliphatic rings. The quantitative estimate of drug-likeness (QED) is 0.806. The number of aryl methyl sites for hydroxylation is 1. The summed E-state index contributed by atoms with van der Waals surface area (Å²) in [6, 6.07) is 3.85. The topological polar surface area (TPSA) is 81.0 Å². The molecule has 7 heteroatoms. The van der Waals surface area contributed by atoms with Crippen molar-refractivity contribution in [1.82, 2.24) is 9.47 Å². The van der Waals surface area contributed by atoms with E-state index >= 15 is 0 Å². The van der Waals surface area contributed by atoms with E-state index in [1.807, 2.05) is 34.0 Å². The van der Waals surface area contributed by atoms with Gasteiger partial charge < -0.3 is 24.0 Å². The lowest BCUT2D eigenvalue weighted by molar-refractivity contribution is -0.152. The molecule has 3 atom stereocenters. The lowest BCUT2D eigenvalue weighted by atomic mass is 9.79. The maximum Gasteiger partial charge on any atom is 0.329 e. The molecule has 1 aliphatic heterocycles. The Bertz CT molecular complexity index is 603. The molecule has 1 saturated heterocycles. The highest BCUT2D eigenvalue weighted by atomic mass is 16.5. The van der Waals surface area contributed by atoms with E-state index < -0.39 is 5.97 Å². The van der Waals surface area contributed by atoms with Crippen LogP contribution < -0.4 is 0 Å². The fraction of sp³-hybridized carbons (Fsp3) is 0.667. The van der Waals surface area contributed by atoms with Crippen LogP contribution in [-0.4, -0.2) is 64.5 Å². The summed E-state index contributed by atoms with van der Waals surface area (Å²) in [5.74, 6) is -0.842. The number of amides is 1. The fourth-order valence-corrected chi connectivity index (χ4v) is 4.19. The van der Waals surface area contributed by atoms with Crippen LogP contribution in [-0.2, 0) is 25.6 Å². The SMILES string of the molecule is CO[C@]12CC[C@H](OCC(=O)O)C[C@H]1N(C(=O)CCn1cccc1)CC2. The summed E-state index contributed by atoms with van der Waals surface area (Å²) in [5.41, 5.74) is -0.313. The highest BCUT2D eigenvalue weighted by Gasteiger charge is 2.52. The summed E-state index contributed by atoms with van der Waals surface area (Å²) >= 11 is 0. The summed E-state index contributed by atoms with van der Waals surface area (Å²) < 4.78 is 13.3. The van der Waals surface area contributed by atoms with E-state index in [0.717, 1.165) is 19.3 Å². The largest absolute Gasteiger partial charge is 0.480 e. The van der Waals surface area contributed by atoms with E-state index in [2.05, 4.69) is 0 Å². The molecule has 1 amide bonds. The second-order valence-corrected chi connectivity index (χ2v) is 6.89. The van der Waals surface area contributed by atoms with Crippen LogP contribution in [0.5, 0.6) is 0 Å². The number of hydrogen-bond acceptors (Lipinski definition) is 4. The number of carbonyl (C=O) groups excluding carboxylic acids is 1. The Morgan fingerprint density at radius 3 is 2.72 bits per heavy atom. The normalized spacial score (nSPS) is 28.8. The zero-order chi connectivity index (χ0) is 17.9. The smallest absolute Gasteiger partial charge is 0.329 e. The molecule has 1 aromatic heterocycles. The molecular weight excluding hydrogens is 324 g/mol. The molecule has 0 spiro atoms. The molecule has 1 saturated carbocycles. The van der Waals surface area contributed by atoms with Gasteiger partial charge in [-0.15, -0.1) is 0 Å². The van der Waals surface area contributed by atoms with Crippen LogP contribution in [0, 0.1) is 0 Å². The molecule has 7 nitrogen and oxygen atoms in total. The first-order valence-electron chi connectivity index (χ1n) is 8.83. The third-order valence-corrected chi connectivity index (χ3v) is 5.55.